The molecule has 0 radical (unpaired) electrons. The highest BCUT2D eigenvalue weighted by Crippen LogP contribution is 2.39. The van der Waals surface area contributed by atoms with Gasteiger partial charge in [-0.25, -0.2) is 39.1 Å². The van der Waals surface area contributed by atoms with Crippen molar-refractivity contribution >= 4 is 69.0 Å². The summed E-state index contributed by atoms with van der Waals surface area (Å²) in [5, 5.41) is 0. The molecule has 16 nitrogen and oxygen atoms in total. The van der Waals surface area contributed by atoms with Crippen LogP contribution in [0.3, 0.4) is 0 Å². The van der Waals surface area contributed by atoms with Crippen molar-refractivity contribution in [3.63, 3.8) is 0 Å². The summed E-state index contributed by atoms with van der Waals surface area (Å²) in [7, 11) is 0. The first kappa shape index (κ1) is 55.3. The van der Waals surface area contributed by atoms with Crippen LogP contribution in [-0.4, -0.2) is 97.6 Å². The molecule has 9 rings (SSSR count). The van der Waals surface area contributed by atoms with Crippen LogP contribution in [0, 0.1) is 0 Å². The van der Waals surface area contributed by atoms with Crippen molar-refractivity contribution in [2.45, 2.75) is 79.8 Å². The molecule has 8 bridgehead atoms. The maximum atomic E-state index is 12.4. The van der Waals surface area contributed by atoms with Crippen molar-refractivity contribution in [2.24, 2.45) is 20.0 Å². The van der Waals surface area contributed by atoms with E-state index in [2.05, 4.69) is 0 Å². The number of ether oxygens (including phenoxy) is 8. The molecule has 0 atom stereocenters. The molecule has 80 heavy (non-hydrogen) atoms. The van der Waals surface area contributed by atoms with E-state index in [-0.39, 0.29) is 50.8 Å². The van der Waals surface area contributed by atoms with E-state index in [1.807, 2.05) is 97.1 Å². The molecule has 5 heterocycles. The number of carbonyl (C=O) groups is 4. The predicted octanol–water partition coefficient (Wildman–Crippen LogP) is 11.0. The van der Waals surface area contributed by atoms with Gasteiger partial charge < -0.3 is 37.9 Å². The van der Waals surface area contributed by atoms with Gasteiger partial charge in [0.05, 0.1) is 70.1 Å². The summed E-state index contributed by atoms with van der Waals surface area (Å²) in [5.74, 6) is -0.0383. The average molecular weight is 1080 g/mol. The third-order valence-electron chi connectivity index (χ3n) is 12.1. The lowest BCUT2D eigenvalue weighted by atomic mass is 9.98. The van der Waals surface area contributed by atoms with E-state index in [0.717, 1.165) is 22.3 Å². The Morgan fingerprint density at radius 2 is 0.487 bits per heavy atom. The number of rotatable bonds is 20. The normalized spacial score (nSPS) is 15.2. The van der Waals surface area contributed by atoms with E-state index in [4.69, 9.17) is 57.9 Å². The second-order valence-electron chi connectivity index (χ2n) is 19.8. The fraction of sp³-hybridized carbons (Fsp3) is 0.250. The van der Waals surface area contributed by atoms with Gasteiger partial charge in [-0.05, 0) is 175 Å². The molecule has 4 aromatic rings. The van der Waals surface area contributed by atoms with Crippen LogP contribution in [0.5, 0.6) is 23.0 Å². The summed E-state index contributed by atoms with van der Waals surface area (Å²) in [6, 6.07) is 29.5. The highest BCUT2D eigenvalue weighted by atomic mass is 16.6. The second-order valence-corrected chi connectivity index (χ2v) is 19.8. The number of allylic oxidation sites excluding steroid dienone is 12. The summed E-state index contributed by atoms with van der Waals surface area (Å²) in [6.45, 7) is 13.2. The number of carbonyl (C=O) groups excluding carboxylic acids is 4. The zero-order chi connectivity index (χ0) is 56.5. The lowest BCUT2D eigenvalue weighted by Gasteiger charge is -2.14. The summed E-state index contributed by atoms with van der Waals surface area (Å²) >= 11 is 0. The molecule has 0 saturated heterocycles. The SMILES string of the molecule is CC(C)OC(=O)COc1ccc(C2=C3C=CC(=N3)C(c3ccc(OCC(=O)OC(C)C)cc3)=C3C=CC(=N3)C(c3ccc(OCC(=O)OC(C)C)cc3)=C3C=CC(=N3)C(c3ccc(OCC(=O)OC(C)C)cc3)=C3C=CC2=N3)cc1. The third-order valence-corrected chi connectivity index (χ3v) is 12.1. The summed E-state index contributed by atoms with van der Waals surface area (Å²) < 4.78 is 44.4. The Balaban J connectivity index is 1.20. The van der Waals surface area contributed by atoms with Gasteiger partial charge in [-0.1, -0.05) is 48.5 Å². The maximum absolute atomic E-state index is 12.4. The first-order chi connectivity index (χ1) is 38.5. The van der Waals surface area contributed by atoms with Gasteiger partial charge in [0.25, 0.3) is 0 Å². The fourth-order valence-electron chi connectivity index (χ4n) is 8.90. The maximum Gasteiger partial charge on any atom is 0.344 e. The molecule has 0 unspecified atom stereocenters. The van der Waals surface area contributed by atoms with Gasteiger partial charge in [0, 0.05) is 22.3 Å². The van der Waals surface area contributed by atoms with Crippen LogP contribution in [0.4, 0.5) is 0 Å². The number of esters is 4. The van der Waals surface area contributed by atoms with E-state index in [1.54, 1.807) is 104 Å². The first-order valence-corrected chi connectivity index (χ1v) is 26.3. The largest absolute Gasteiger partial charge is 0.482 e. The Morgan fingerprint density at radius 3 is 0.662 bits per heavy atom. The van der Waals surface area contributed by atoms with Gasteiger partial charge in [-0.3, -0.25) is 0 Å². The quantitative estimate of drug-likeness (QED) is 0.0602. The van der Waals surface area contributed by atoms with Gasteiger partial charge in [0.15, 0.2) is 26.4 Å². The third kappa shape index (κ3) is 13.8. The summed E-state index contributed by atoms with van der Waals surface area (Å²) in [5.41, 5.74) is 10.8. The number of hydrogen-bond acceptors (Lipinski definition) is 16. The molecule has 16 heteroatoms. The lowest BCUT2D eigenvalue weighted by Crippen LogP contribution is -2.18. The molecule has 0 aromatic heterocycles. The Morgan fingerprint density at radius 1 is 0.300 bits per heavy atom. The van der Waals surface area contributed by atoms with Crippen molar-refractivity contribution < 1.29 is 57.1 Å². The van der Waals surface area contributed by atoms with E-state index >= 15 is 0 Å². The molecule has 0 fully saturated rings. The molecule has 0 amide bonds. The number of fused-ring (bicyclic) bond motifs is 4. The smallest absolute Gasteiger partial charge is 0.344 e. The van der Waals surface area contributed by atoms with Crippen LogP contribution in [-0.2, 0) is 38.1 Å². The zero-order valence-electron chi connectivity index (χ0n) is 45.7. The van der Waals surface area contributed by atoms with Gasteiger partial charge in [-0.2, -0.15) is 0 Å². The standard InChI is InChI=1S/C64H60N4O12/c1-37(2)77-57(69)33-73-45-17-9-41(10-18-45)61-49-25-27-51(65-49)62(42-11-19-46(20-12-42)74-34-58(70)78-38(3)4)53-29-31-55(67-53)64(44-15-23-48(24-16-44)76-36-60(72)80-40(7)8)56-32-30-54(68-56)63(52-28-26-50(61)66-52)43-13-21-47(22-14-43)75-35-59(71)79-39(5)6/h9-32,37-40H,33-36H2,1-8H3. The minimum absolute atomic E-state index is 0.254. The lowest BCUT2D eigenvalue weighted by molar-refractivity contribution is -0.150. The molecule has 5 aliphatic heterocycles. The van der Waals surface area contributed by atoms with Gasteiger partial charge in [-0.15, -0.1) is 0 Å². The molecular formula is C64H60N4O12. The molecule has 0 spiro atoms. The molecule has 0 aliphatic carbocycles. The van der Waals surface area contributed by atoms with Crippen molar-refractivity contribution in [3.05, 3.63) is 191 Å². The van der Waals surface area contributed by atoms with Gasteiger partial charge >= 0.3 is 23.9 Å². The molecule has 4 aromatic carbocycles. The average Bonchev–Trinajstić information content (AvgIpc) is 4.31. The number of aliphatic imine (C=N–C) groups is 4. The Bertz CT molecular complexity index is 3010. The van der Waals surface area contributed by atoms with E-state index < -0.39 is 23.9 Å². The van der Waals surface area contributed by atoms with Crippen LogP contribution in [0.2, 0.25) is 0 Å². The van der Waals surface area contributed by atoms with Crippen LogP contribution >= 0.6 is 0 Å². The van der Waals surface area contributed by atoms with Crippen LogP contribution in [0.15, 0.2) is 188 Å². The van der Waals surface area contributed by atoms with Crippen molar-refractivity contribution in [2.75, 3.05) is 26.4 Å². The Labute approximate surface area is 464 Å². The van der Waals surface area contributed by atoms with E-state index in [9.17, 15) is 19.2 Å². The Kier molecular flexibility index (Phi) is 17.2. The molecular weight excluding hydrogens is 1020 g/mol. The molecule has 5 aliphatic rings. The van der Waals surface area contributed by atoms with Gasteiger partial charge in [0.1, 0.15) is 23.0 Å². The zero-order valence-corrected chi connectivity index (χ0v) is 45.7. The van der Waals surface area contributed by atoms with E-state index in [0.29, 0.717) is 90.9 Å². The minimum atomic E-state index is -0.478. The fourth-order valence-corrected chi connectivity index (χ4v) is 8.90. The minimum Gasteiger partial charge on any atom is -0.482 e. The molecule has 0 N–H and O–H groups in total. The highest BCUT2D eigenvalue weighted by Gasteiger charge is 2.28. The van der Waals surface area contributed by atoms with E-state index in [1.165, 1.54) is 0 Å². The molecule has 0 saturated carbocycles. The number of benzene rings is 4. The monoisotopic (exact) mass is 1080 g/mol. The van der Waals surface area contributed by atoms with Crippen LogP contribution < -0.4 is 18.9 Å². The first-order valence-electron chi connectivity index (χ1n) is 26.3. The number of hydrogen-bond donors (Lipinski definition) is 0. The van der Waals surface area contributed by atoms with Gasteiger partial charge in [0.2, 0.25) is 0 Å². The highest BCUT2D eigenvalue weighted by molar-refractivity contribution is 6.39. The topological polar surface area (TPSA) is 192 Å². The van der Waals surface area contributed by atoms with Crippen molar-refractivity contribution in [3.8, 4) is 23.0 Å². The number of nitrogens with zero attached hydrogens (tertiary/aromatic N) is 4. The predicted molar refractivity (Wildman–Crippen MR) is 307 cm³/mol. The summed E-state index contributed by atoms with van der Waals surface area (Å²) in [6.07, 6.45) is 14.4. The van der Waals surface area contributed by atoms with Crippen molar-refractivity contribution in [1.82, 2.24) is 0 Å². The van der Waals surface area contributed by atoms with Crippen molar-refractivity contribution in [1.29, 1.82) is 0 Å². The Hall–Kier alpha value is -9.44. The summed E-state index contributed by atoms with van der Waals surface area (Å²) in [4.78, 5) is 71.0. The van der Waals surface area contributed by atoms with Crippen LogP contribution in [0.1, 0.15) is 77.6 Å². The van der Waals surface area contributed by atoms with Crippen LogP contribution in [0.25, 0.3) is 22.3 Å². The molecule has 408 valence electrons. The second kappa shape index (κ2) is 24.9.